The van der Waals surface area contributed by atoms with Crippen LogP contribution in [0, 0.1) is 0 Å². The van der Waals surface area contributed by atoms with Crippen LogP contribution in [0.2, 0.25) is 0 Å². The van der Waals surface area contributed by atoms with Crippen molar-refractivity contribution >= 4 is 10.9 Å². The summed E-state index contributed by atoms with van der Waals surface area (Å²) in [6.07, 6.45) is 3.33. The van der Waals surface area contributed by atoms with Gasteiger partial charge in [-0.15, -0.1) is 0 Å². The van der Waals surface area contributed by atoms with Gasteiger partial charge in [0.15, 0.2) is 0 Å². The Hall–Kier alpha value is -1.32. The molecular formula is C17H24N2O. The normalized spacial score (nSPS) is 19.9. The average Bonchev–Trinajstić information content (AvgIpc) is 3.03. The van der Waals surface area contributed by atoms with Crippen molar-refractivity contribution in [3.05, 3.63) is 36.0 Å². The molecule has 3 nitrogen and oxygen atoms in total. The van der Waals surface area contributed by atoms with Crippen molar-refractivity contribution in [2.45, 2.75) is 45.3 Å². The van der Waals surface area contributed by atoms with Crippen molar-refractivity contribution in [2.75, 3.05) is 13.2 Å². The molecule has 0 radical (unpaired) electrons. The smallest absolute Gasteiger partial charge is 0.0674 e. The molecular weight excluding hydrogens is 248 g/mol. The number of hydrogen-bond acceptors (Lipinski definition) is 2. The molecule has 3 rings (SSSR count). The van der Waals surface area contributed by atoms with Crippen LogP contribution in [0.4, 0.5) is 0 Å². The van der Waals surface area contributed by atoms with E-state index in [1.165, 1.54) is 16.5 Å². The SMILES string of the molecule is CC(C)(C)NCc1cccc2ccn(C3CCOC3)c12. The van der Waals surface area contributed by atoms with Crippen molar-refractivity contribution in [1.82, 2.24) is 9.88 Å². The van der Waals surface area contributed by atoms with Crippen molar-refractivity contribution in [1.29, 1.82) is 0 Å². The quantitative estimate of drug-likeness (QED) is 0.925. The summed E-state index contributed by atoms with van der Waals surface area (Å²) in [7, 11) is 0. The maximum Gasteiger partial charge on any atom is 0.0674 e. The Morgan fingerprint density at radius 1 is 1.30 bits per heavy atom. The second-order valence-electron chi connectivity index (χ2n) is 6.70. The Bertz CT molecular complexity index is 589. The number of nitrogens with zero attached hydrogens (tertiary/aromatic N) is 1. The highest BCUT2D eigenvalue weighted by atomic mass is 16.5. The lowest BCUT2D eigenvalue weighted by Gasteiger charge is -2.22. The van der Waals surface area contributed by atoms with E-state index in [2.05, 4.69) is 61.1 Å². The number of aromatic nitrogens is 1. The molecule has 0 amide bonds. The molecule has 1 fully saturated rings. The molecule has 3 heteroatoms. The van der Waals surface area contributed by atoms with Gasteiger partial charge in [0.1, 0.15) is 0 Å². The van der Waals surface area contributed by atoms with Gasteiger partial charge in [0.05, 0.1) is 18.2 Å². The molecule has 1 aliphatic rings. The van der Waals surface area contributed by atoms with E-state index in [0.29, 0.717) is 6.04 Å². The highest BCUT2D eigenvalue weighted by Gasteiger charge is 2.20. The standard InChI is InChI=1S/C17H24N2O/c1-17(2,3)18-11-14-6-4-5-13-7-9-19(16(13)14)15-8-10-20-12-15/h4-7,9,15,18H,8,10-12H2,1-3H3. The van der Waals surface area contributed by atoms with E-state index in [0.717, 1.165) is 26.2 Å². The van der Waals surface area contributed by atoms with E-state index in [1.54, 1.807) is 0 Å². The van der Waals surface area contributed by atoms with Crippen molar-refractivity contribution < 1.29 is 4.74 Å². The van der Waals surface area contributed by atoms with Gasteiger partial charge < -0.3 is 14.6 Å². The number of ether oxygens (including phenoxy) is 1. The van der Waals surface area contributed by atoms with Gasteiger partial charge >= 0.3 is 0 Å². The lowest BCUT2D eigenvalue weighted by Crippen LogP contribution is -2.35. The number of rotatable bonds is 3. The van der Waals surface area contributed by atoms with E-state index in [4.69, 9.17) is 4.74 Å². The zero-order valence-electron chi connectivity index (χ0n) is 12.6. The summed E-state index contributed by atoms with van der Waals surface area (Å²) in [6.45, 7) is 9.24. The maximum absolute atomic E-state index is 5.55. The summed E-state index contributed by atoms with van der Waals surface area (Å²) in [5, 5.41) is 4.92. The second-order valence-corrected chi connectivity index (χ2v) is 6.70. The average molecular weight is 272 g/mol. The van der Waals surface area contributed by atoms with Gasteiger partial charge in [-0.25, -0.2) is 0 Å². The molecule has 1 saturated heterocycles. The molecule has 1 aliphatic heterocycles. The number of benzene rings is 1. The van der Waals surface area contributed by atoms with Crippen LogP contribution in [0.3, 0.4) is 0 Å². The zero-order valence-corrected chi connectivity index (χ0v) is 12.6. The van der Waals surface area contributed by atoms with Crippen LogP contribution >= 0.6 is 0 Å². The van der Waals surface area contributed by atoms with Crippen LogP contribution < -0.4 is 5.32 Å². The third-order valence-electron chi connectivity index (χ3n) is 3.93. The fraction of sp³-hybridized carbons (Fsp3) is 0.529. The zero-order chi connectivity index (χ0) is 14.2. The minimum absolute atomic E-state index is 0.135. The first-order chi connectivity index (χ1) is 9.54. The molecule has 0 spiro atoms. The van der Waals surface area contributed by atoms with Crippen LogP contribution in [0.25, 0.3) is 10.9 Å². The Morgan fingerprint density at radius 2 is 2.15 bits per heavy atom. The van der Waals surface area contributed by atoms with Crippen molar-refractivity contribution in [2.24, 2.45) is 0 Å². The van der Waals surface area contributed by atoms with Gasteiger partial charge in [-0.1, -0.05) is 18.2 Å². The summed E-state index contributed by atoms with van der Waals surface area (Å²) in [5.74, 6) is 0. The number of nitrogens with one attached hydrogen (secondary N) is 1. The van der Waals surface area contributed by atoms with Crippen molar-refractivity contribution in [3.8, 4) is 0 Å². The number of para-hydroxylation sites is 1. The highest BCUT2D eigenvalue weighted by Crippen LogP contribution is 2.28. The highest BCUT2D eigenvalue weighted by molar-refractivity contribution is 5.83. The molecule has 1 N–H and O–H groups in total. The minimum Gasteiger partial charge on any atom is -0.379 e. The molecule has 1 atom stereocenters. The molecule has 20 heavy (non-hydrogen) atoms. The summed E-state index contributed by atoms with van der Waals surface area (Å²) >= 11 is 0. The summed E-state index contributed by atoms with van der Waals surface area (Å²) in [4.78, 5) is 0. The Labute approximate surface area is 120 Å². The van der Waals surface area contributed by atoms with Gasteiger partial charge in [-0.05, 0) is 44.2 Å². The topological polar surface area (TPSA) is 26.2 Å². The molecule has 1 aromatic carbocycles. The predicted octanol–water partition coefficient (Wildman–Crippen LogP) is 3.49. The predicted molar refractivity (Wildman–Crippen MR) is 83.0 cm³/mol. The van der Waals surface area contributed by atoms with Crippen molar-refractivity contribution in [3.63, 3.8) is 0 Å². The first-order valence-corrected chi connectivity index (χ1v) is 7.46. The first kappa shape index (κ1) is 13.7. The fourth-order valence-electron chi connectivity index (χ4n) is 2.84. The lowest BCUT2D eigenvalue weighted by atomic mass is 10.1. The second kappa shape index (κ2) is 5.23. The summed E-state index contributed by atoms with van der Waals surface area (Å²) in [6, 6.07) is 9.28. The molecule has 1 aromatic heterocycles. The van der Waals surface area contributed by atoms with Gasteiger partial charge in [0.2, 0.25) is 0 Å². The van der Waals surface area contributed by atoms with E-state index < -0.39 is 0 Å². The van der Waals surface area contributed by atoms with E-state index in [1.807, 2.05) is 0 Å². The Kier molecular flexibility index (Phi) is 3.57. The molecule has 2 aromatic rings. The van der Waals surface area contributed by atoms with E-state index in [9.17, 15) is 0 Å². The molecule has 108 valence electrons. The molecule has 2 heterocycles. The van der Waals surface area contributed by atoms with E-state index in [-0.39, 0.29) is 5.54 Å². The summed E-state index contributed by atoms with van der Waals surface area (Å²) in [5.41, 5.74) is 2.87. The Balaban J connectivity index is 1.96. The largest absolute Gasteiger partial charge is 0.379 e. The number of fused-ring (bicyclic) bond motifs is 1. The van der Waals surface area contributed by atoms with Gasteiger partial charge in [-0.2, -0.15) is 0 Å². The summed E-state index contributed by atoms with van der Waals surface area (Å²) < 4.78 is 7.95. The lowest BCUT2D eigenvalue weighted by molar-refractivity contribution is 0.187. The monoisotopic (exact) mass is 272 g/mol. The molecule has 0 aliphatic carbocycles. The third-order valence-corrected chi connectivity index (χ3v) is 3.93. The maximum atomic E-state index is 5.55. The van der Waals surface area contributed by atoms with Crippen LogP contribution in [0.1, 0.15) is 38.8 Å². The fourth-order valence-corrected chi connectivity index (χ4v) is 2.84. The van der Waals surface area contributed by atoms with Gasteiger partial charge in [-0.3, -0.25) is 0 Å². The molecule has 0 saturated carbocycles. The van der Waals surface area contributed by atoms with E-state index >= 15 is 0 Å². The first-order valence-electron chi connectivity index (χ1n) is 7.46. The third kappa shape index (κ3) is 2.74. The van der Waals surface area contributed by atoms with Gasteiger partial charge in [0.25, 0.3) is 0 Å². The van der Waals surface area contributed by atoms with Crippen LogP contribution in [0.15, 0.2) is 30.5 Å². The molecule has 0 bridgehead atoms. The van der Waals surface area contributed by atoms with Gasteiger partial charge in [0, 0.05) is 24.9 Å². The minimum atomic E-state index is 0.135. The Morgan fingerprint density at radius 3 is 2.85 bits per heavy atom. The molecule has 1 unspecified atom stereocenters. The number of hydrogen-bond donors (Lipinski definition) is 1. The van der Waals surface area contributed by atoms with Crippen LogP contribution in [-0.4, -0.2) is 23.3 Å². The van der Waals surface area contributed by atoms with Crippen LogP contribution in [-0.2, 0) is 11.3 Å². The van der Waals surface area contributed by atoms with Crippen LogP contribution in [0.5, 0.6) is 0 Å².